The molecule has 2 amide bonds. The number of rotatable bonds is 7. The van der Waals surface area contributed by atoms with Gasteiger partial charge in [0.05, 0.1) is 0 Å². The van der Waals surface area contributed by atoms with E-state index in [9.17, 15) is 14.4 Å². The molecule has 2 N–H and O–H groups in total. The second-order valence-electron chi connectivity index (χ2n) is 5.64. The van der Waals surface area contributed by atoms with Gasteiger partial charge in [-0.3, -0.25) is 9.59 Å². The number of ketones is 1. The zero-order chi connectivity index (χ0) is 14.2. The van der Waals surface area contributed by atoms with Gasteiger partial charge in [0.25, 0.3) is 0 Å². The monoisotopic (exact) mass is 256 g/mol. The van der Waals surface area contributed by atoms with Crippen LogP contribution >= 0.6 is 0 Å². The highest BCUT2D eigenvalue weighted by Gasteiger charge is 2.15. The average molecular weight is 256 g/mol. The lowest BCUT2D eigenvalue weighted by Crippen LogP contribution is -2.36. The van der Waals surface area contributed by atoms with Crippen molar-refractivity contribution < 1.29 is 14.4 Å². The maximum Gasteiger partial charge on any atom is 0.220 e. The number of Topliss-reactive ketones (excluding diaryl/α,β-unsaturated/α-hetero) is 1. The van der Waals surface area contributed by atoms with Gasteiger partial charge in [-0.1, -0.05) is 20.8 Å². The van der Waals surface area contributed by atoms with Gasteiger partial charge >= 0.3 is 0 Å². The van der Waals surface area contributed by atoms with E-state index < -0.39 is 0 Å². The number of carbonyl (C=O) groups excluding carboxylic acids is 3. The summed E-state index contributed by atoms with van der Waals surface area (Å²) >= 11 is 0. The Labute approximate surface area is 109 Å². The number of amides is 2. The summed E-state index contributed by atoms with van der Waals surface area (Å²) in [6.07, 6.45) is 0.943. The van der Waals surface area contributed by atoms with E-state index in [1.54, 1.807) is 0 Å². The fourth-order valence-electron chi connectivity index (χ4n) is 1.33. The lowest BCUT2D eigenvalue weighted by atomic mass is 9.92. The molecule has 104 valence electrons. The second-order valence-corrected chi connectivity index (χ2v) is 5.64. The minimum Gasteiger partial charge on any atom is -0.354 e. The summed E-state index contributed by atoms with van der Waals surface area (Å²) in [6.45, 7) is 8.26. The van der Waals surface area contributed by atoms with Crippen LogP contribution < -0.4 is 10.6 Å². The molecule has 0 aliphatic rings. The molecule has 5 nitrogen and oxygen atoms in total. The van der Waals surface area contributed by atoms with Crippen molar-refractivity contribution in [2.45, 2.75) is 47.0 Å². The van der Waals surface area contributed by atoms with Gasteiger partial charge in [0.2, 0.25) is 11.8 Å². The van der Waals surface area contributed by atoms with E-state index in [2.05, 4.69) is 10.6 Å². The fraction of sp³-hybridized carbons (Fsp3) is 0.769. The third-order valence-electron chi connectivity index (χ3n) is 2.16. The highest BCUT2D eigenvalue weighted by Crippen LogP contribution is 2.17. The van der Waals surface area contributed by atoms with Gasteiger partial charge in [-0.05, 0) is 12.3 Å². The van der Waals surface area contributed by atoms with E-state index in [-0.39, 0.29) is 35.9 Å². The van der Waals surface area contributed by atoms with Crippen LogP contribution in [0.3, 0.4) is 0 Å². The molecule has 0 spiro atoms. The summed E-state index contributed by atoms with van der Waals surface area (Å²) in [5, 5.41) is 5.39. The Bertz CT molecular complexity index is 306. The summed E-state index contributed by atoms with van der Waals surface area (Å²) in [6, 6.07) is 0. The van der Waals surface area contributed by atoms with Crippen molar-refractivity contribution in [3.05, 3.63) is 0 Å². The Hall–Kier alpha value is -1.39. The van der Waals surface area contributed by atoms with Crippen molar-refractivity contribution in [3.8, 4) is 0 Å². The number of hydrogen-bond donors (Lipinski definition) is 2. The molecule has 0 atom stereocenters. The Morgan fingerprint density at radius 3 is 1.83 bits per heavy atom. The molecule has 0 aromatic rings. The molecular weight excluding hydrogens is 232 g/mol. The van der Waals surface area contributed by atoms with Crippen LogP contribution in [0.4, 0.5) is 0 Å². The third kappa shape index (κ3) is 11.1. The van der Waals surface area contributed by atoms with Crippen molar-refractivity contribution in [2.24, 2.45) is 5.41 Å². The van der Waals surface area contributed by atoms with Crippen molar-refractivity contribution in [1.82, 2.24) is 10.6 Å². The molecule has 0 heterocycles. The summed E-state index contributed by atoms with van der Waals surface area (Å²) in [7, 11) is 0. The van der Waals surface area contributed by atoms with Gasteiger partial charge in [-0.2, -0.15) is 0 Å². The minimum absolute atomic E-state index is 0.00336. The molecule has 0 saturated heterocycles. The van der Waals surface area contributed by atoms with Crippen molar-refractivity contribution in [1.29, 1.82) is 0 Å². The maximum atomic E-state index is 11.4. The highest BCUT2D eigenvalue weighted by atomic mass is 16.2. The molecule has 0 fully saturated rings. The fourth-order valence-corrected chi connectivity index (χ4v) is 1.33. The predicted octanol–water partition coefficient (Wildman–Crippen LogP) is 1.02. The predicted molar refractivity (Wildman–Crippen MR) is 70.0 cm³/mol. The third-order valence-corrected chi connectivity index (χ3v) is 2.16. The zero-order valence-electron chi connectivity index (χ0n) is 11.8. The summed E-state index contributed by atoms with van der Waals surface area (Å²) in [5.41, 5.74) is -0.0329. The van der Waals surface area contributed by atoms with Gasteiger partial charge in [0, 0.05) is 32.4 Å². The Balaban J connectivity index is 3.59. The standard InChI is InChI=1S/C13H24N2O3/c1-10(16)5-6-11(17)14-7-8-15-12(18)9-13(2,3)4/h5-9H2,1-4H3,(H,14,17)(H,15,18). The van der Waals surface area contributed by atoms with Gasteiger partial charge in [0.15, 0.2) is 0 Å². The normalized spacial score (nSPS) is 10.9. The number of hydrogen-bond acceptors (Lipinski definition) is 3. The molecule has 0 aliphatic carbocycles. The number of nitrogens with one attached hydrogen (secondary N) is 2. The van der Waals surface area contributed by atoms with Crippen LogP contribution in [0, 0.1) is 5.41 Å². The van der Waals surface area contributed by atoms with E-state index >= 15 is 0 Å². The van der Waals surface area contributed by atoms with E-state index in [0.717, 1.165) is 0 Å². The Kier molecular flexibility index (Phi) is 7.24. The Morgan fingerprint density at radius 2 is 1.39 bits per heavy atom. The van der Waals surface area contributed by atoms with E-state index in [4.69, 9.17) is 0 Å². The first-order valence-corrected chi connectivity index (χ1v) is 6.23. The Morgan fingerprint density at radius 1 is 0.889 bits per heavy atom. The molecule has 5 heteroatoms. The molecule has 18 heavy (non-hydrogen) atoms. The molecule has 0 rings (SSSR count). The van der Waals surface area contributed by atoms with E-state index in [1.165, 1.54) is 6.92 Å². The largest absolute Gasteiger partial charge is 0.354 e. The average Bonchev–Trinajstić information content (AvgIpc) is 2.19. The first kappa shape index (κ1) is 16.6. The van der Waals surface area contributed by atoms with Crippen LogP contribution in [0.1, 0.15) is 47.0 Å². The quantitative estimate of drug-likeness (QED) is 0.668. The van der Waals surface area contributed by atoms with E-state index in [1.807, 2.05) is 20.8 Å². The van der Waals surface area contributed by atoms with Crippen molar-refractivity contribution >= 4 is 17.6 Å². The van der Waals surface area contributed by atoms with Crippen molar-refractivity contribution in [2.75, 3.05) is 13.1 Å². The number of carbonyl (C=O) groups is 3. The molecule has 0 aliphatic heterocycles. The van der Waals surface area contributed by atoms with Gasteiger partial charge in [-0.15, -0.1) is 0 Å². The molecule has 0 aromatic carbocycles. The molecule has 0 saturated carbocycles. The molecule has 0 radical (unpaired) electrons. The molecule has 0 bridgehead atoms. The van der Waals surface area contributed by atoms with Crippen molar-refractivity contribution in [3.63, 3.8) is 0 Å². The van der Waals surface area contributed by atoms with Gasteiger partial charge in [0.1, 0.15) is 5.78 Å². The highest BCUT2D eigenvalue weighted by molar-refractivity contribution is 5.83. The van der Waals surface area contributed by atoms with Crippen LogP contribution in [0.25, 0.3) is 0 Å². The SMILES string of the molecule is CC(=O)CCC(=O)NCCNC(=O)CC(C)(C)C. The molecular formula is C13H24N2O3. The second kappa shape index (κ2) is 7.84. The van der Waals surface area contributed by atoms with Gasteiger partial charge in [-0.25, -0.2) is 0 Å². The first-order valence-electron chi connectivity index (χ1n) is 6.23. The van der Waals surface area contributed by atoms with Crippen LogP contribution in [-0.4, -0.2) is 30.7 Å². The summed E-state index contributed by atoms with van der Waals surface area (Å²) < 4.78 is 0. The summed E-state index contributed by atoms with van der Waals surface area (Å²) in [5.74, 6) is -0.167. The topological polar surface area (TPSA) is 75.3 Å². The van der Waals surface area contributed by atoms with Gasteiger partial charge < -0.3 is 15.4 Å². The van der Waals surface area contributed by atoms with Crippen LogP contribution in [0.5, 0.6) is 0 Å². The lowest BCUT2D eigenvalue weighted by Gasteiger charge is -2.17. The first-order chi connectivity index (χ1) is 8.20. The van der Waals surface area contributed by atoms with Crippen LogP contribution in [-0.2, 0) is 14.4 Å². The summed E-state index contributed by atoms with van der Waals surface area (Å²) in [4.78, 5) is 33.4. The lowest BCUT2D eigenvalue weighted by molar-refractivity contribution is -0.125. The maximum absolute atomic E-state index is 11.4. The smallest absolute Gasteiger partial charge is 0.220 e. The van der Waals surface area contributed by atoms with E-state index in [0.29, 0.717) is 19.5 Å². The van der Waals surface area contributed by atoms with Crippen LogP contribution in [0.15, 0.2) is 0 Å². The molecule has 0 aromatic heterocycles. The zero-order valence-corrected chi connectivity index (χ0v) is 11.8. The molecule has 0 unspecified atom stereocenters. The van der Waals surface area contributed by atoms with Crippen LogP contribution in [0.2, 0.25) is 0 Å². The minimum atomic E-state index is -0.157.